The van der Waals surface area contributed by atoms with Crippen LogP contribution in [0.3, 0.4) is 0 Å². The molecule has 2 rings (SSSR count). The van der Waals surface area contributed by atoms with E-state index in [1.165, 1.54) is 17.0 Å². The van der Waals surface area contributed by atoms with E-state index in [4.69, 9.17) is 0 Å². The van der Waals surface area contributed by atoms with Crippen molar-refractivity contribution in [3.8, 4) is 0 Å². The normalized spacial score (nSPS) is 24.1. The van der Waals surface area contributed by atoms with E-state index in [1.807, 2.05) is 0 Å². The highest BCUT2D eigenvalue weighted by Gasteiger charge is 2.37. The highest BCUT2D eigenvalue weighted by Crippen LogP contribution is 2.25. The number of amides is 2. The van der Waals surface area contributed by atoms with Gasteiger partial charge in [0.05, 0.1) is 5.69 Å². The van der Waals surface area contributed by atoms with Gasteiger partial charge in [-0.25, -0.2) is 4.39 Å². The molecule has 5 heteroatoms. The Bertz CT molecular complexity index is 516. The first-order valence-corrected chi connectivity index (χ1v) is 5.81. The maximum Gasteiger partial charge on any atom is 0.250 e. The zero-order chi connectivity index (χ0) is 13.4. The highest BCUT2D eigenvalue weighted by molar-refractivity contribution is 6.08. The molecule has 2 amide bonds. The van der Waals surface area contributed by atoms with E-state index in [2.05, 4.69) is 5.32 Å². The topological polar surface area (TPSA) is 49.4 Å². The fourth-order valence-electron chi connectivity index (χ4n) is 2.05. The first kappa shape index (κ1) is 12.5. The van der Waals surface area contributed by atoms with E-state index in [0.717, 1.165) is 5.56 Å². The van der Waals surface area contributed by atoms with E-state index >= 15 is 0 Å². The van der Waals surface area contributed by atoms with E-state index in [-0.39, 0.29) is 17.5 Å². The minimum atomic E-state index is -0.703. The summed E-state index contributed by atoms with van der Waals surface area (Å²) in [5, 5.41) is 2.56. The molecular weight excluding hydrogens is 235 g/mol. The molecule has 0 saturated carbocycles. The Balaban J connectivity index is 2.46. The third-order valence-electron chi connectivity index (χ3n) is 3.10. The van der Waals surface area contributed by atoms with Gasteiger partial charge in [0.15, 0.2) is 0 Å². The summed E-state index contributed by atoms with van der Waals surface area (Å²) in [6.45, 7) is 4.94. The Kier molecular flexibility index (Phi) is 3.07. The lowest BCUT2D eigenvalue weighted by Crippen LogP contribution is -2.62. The summed E-state index contributed by atoms with van der Waals surface area (Å²) in [5.41, 5.74) is 0.922. The zero-order valence-electron chi connectivity index (χ0n) is 10.5. The number of anilines is 1. The quantitative estimate of drug-likeness (QED) is 0.818. The average Bonchev–Trinajstić information content (AvgIpc) is 2.29. The molecule has 0 aliphatic carbocycles. The van der Waals surface area contributed by atoms with Crippen LogP contribution in [-0.2, 0) is 9.59 Å². The lowest BCUT2D eigenvalue weighted by molar-refractivity contribution is -0.133. The van der Waals surface area contributed by atoms with Gasteiger partial charge in [-0.3, -0.25) is 14.5 Å². The van der Waals surface area contributed by atoms with Crippen LogP contribution in [0.25, 0.3) is 0 Å². The van der Waals surface area contributed by atoms with Gasteiger partial charge in [0.1, 0.15) is 17.9 Å². The van der Waals surface area contributed by atoms with Crippen LogP contribution in [-0.4, -0.2) is 23.9 Å². The van der Waals surface area contributed by atoms with Gasteiger partial charge in [0.25, 0.3) is 0 Å². The number of carbonyl (C=O) groups is 2. The summed E-state index contributed by atoms with van der Waals surface area (Å²) in [6.07, 6.45) is 0. The van der Waals surface area contributed by atoms with Gasteiger partial charge in [-0.15, -0.1) is 0 Å². The van der Waals surface area contributed by atoms with Crippen molar-refractivity contribution in [3.05, 3.63) is 29.6 Å². The van der Waals surface area contributed by atoms with Crippen molar-refractivity contribution in [2.75, 3.05) is 4.90 Å². The third-order valence-corrected chi connectivity index (χ3v) is 3.10. The summed E-state index contributed by atoms with van der Waals surface area (Å²) < 4.78 is 13.9. The fourth-order valence-corrected chi connectivity index (χ4v) is 2.05. The monoisotopic (exact) mass is 250 g/mol. The molecule has 18 heavy (non-hydrogen) atoms. The van der Waals surface area contributed by atoms with Crippen LogP contribution >= 0.6 is 0 Å². The molecule has 2 atom stereocenters. The Morgan fingerprint density at radius 1 is 1.28 bits per heavy atom. The second-order valence-electron chi connectivity index (χ2n) is 4.57. The Hall–Kier alpha value is -1.91. The summed E-state index contributed by atoms with van der Waals surface area (Å²) in [6, 6.07) is 3.27. The first-order valence-electron chi connectivity index (χ1n) is 5.81. The van der Waals surface area contributed by atoms with Gasteiger partial charge in [-0.2, -0.15) is 0 Å². The molecule has 1 heterocycles. The molecule has 1 fully saturated rings. The molecule has 1 aromatic carbocycles. The Labute approximate surface area is 105 Å². The number of nitrogens with zero attached hydrogens (tertiary/aromatic N) is 1. The summed E-state index contributed by atoms with van der Waals surface area (Å²) in [5.74, 6) is -1.07. The van der Waals surface area contributed by atoms with E-state index in [0.29, 0.717) is 0 Å². The molecule has 96 valence electrons. The predicted octanol–water partition coefficient (Wildman–Crippen LogP) is 1.37. The van der Waals surface area contributed by atoms with Crippen molar-refractivity contribution in [1.29, 1.82) is 0 Å². The number of aryl methyl sites for hydroxylation is 1. The van der Waals surface area contributed by atoms with E-state index in [9.17, 15) is 14.0 Å². The minimum absolute atomic E-state index is 0.153. The number of benzene rings is 1. The van der Waals surface area contributed by atoms with Crippen LogP contribution in [0.4, 0.5) is 10.1 Å². The molecule has 2 unspecified atom stereocenters. The molecule has 1 aromatic rings. The Morgan fingerprint density at radius 2 is 1.94 bits per heavy atom. The molecule has 4 nitrogen and oxygen atoms in total. The van der Waals surface area contributed by atoms with Crippen LogP contribution in [0.5, 0.6) is 0 Å². The predicted molar refractivity (Wildman–Crippen MR) is 65.7 cm³/mol. The summed E-state index contributed by atoms with van der Waals surface area (Å²) in [4.78, 5) is 25.0. The zero-order valence-corrected chi connectivity index (χ0v) is 10.5. The number of hydrogen-bond donors (Lipinski definition) is 1. The second-order valence-corrected chi connectivity index (χ2v) is 4.57. The molecule has 1 saturated heterocycles. The molecular formula is C13H15FN2O2. The first-order chi connectivity index (χ1) is 8.41. The van der Waals surface area contributed by atoms with Gasteiger partial charge in [0.2, 0.25) is 11.8 Å². The van der Waals surface area contributed by atoms with Crippen molar-refractivity contribution < 1.29 is 14.0 Å². The summed E-state index contributed by atoms with van der Waals surface area (Å²) in [7, 11) is 0. The number of piperazine rings is 1. The maximum atomic E-state index is 13.9. The van der Waals surface area contributed by atoms with Crippen molar-refractivity contribution in [3.63, 3.8) is 0 Å². The van der Waals surface area contributed by atoms with E-state index in [1.54, 1.807) is 26.8 Å². The van der Waals surface area contributed by atoms with Gasteiger partial charge in [-0.1, -0.05) is 6.07 Å². The van der Waals surface area contributed by atoms with Crippen molar-refractivity contribution in [2.24, 2.45) is 0 Å². The molecule has 0 aromatic heterocycles. The molecule has 1 N–H and O–H groups in total. The maximum absolute atomic E-state index is 13.9. The van der Waals surface area contributed by atoms with Gasteiger partial charge in [-0.05, 0) is 38.5 Å². The highest BCUT2D eigenvalue weighted by atomic mass is 19.1. The number of hydrogen-bond acceptors (Lipinski definition) is 2. The molecule has 0 spiro atoms. The Morgan fingerprint density at radius 3 is 2.56 bits per heavy atom. The number of rotatable bonds is 1. The second kappa shape index (κ2) is 4.40. The number of halogens is 1. The van der Waals surface area contributed by atoms with Crippen LogP contribution in [0.2, 0.25) is 0 Å². The molecule has 0 bridgehead atoms. The lowest BCUT2D eigenvalue weighted by Gasteiger charge is -2.36. The molecule has 1 aliphatic heterocycles. The van der Waals surface area contributed by atoms with Crippen LogP contribution in [0.15, 0.2) is 18.2 Å². The fraction of sp³-hybridized carbons (Fsp3) is 0.385. The van der Waals surface area contributed by atoms with Gasteiger partial charge in [0, 0.05) is 0 Å². The van der Waals surface area contributed by atoms with Crippen LogP contribution in [0.1, 0.15) is 19.4 Å². The number of nitrogens with one attached hydrogen (secondary N) is 1. The van der Waals surface area contributed by atoms with Gasteiger partial charge < -0.3 is 5.32 Å². The number of carbonyl (C=O) groups excluding carboxylic acids is 2. The SMILES string of the molecule is Cc1ccc(N2C(=O)C(C)NC(=O)C2C)c(F)c1. The molecule has 0 radical (unpaired) electrons. The van der Waals surface area contributed by atoms with Gasteiger partial charge >= 0.3 is 0 Å². The molecule has 1 aliphatic rings. The smallest absolute Gasteiger partial charge is 0.250 e. The van der Waals surface area contributed by atoms with Crippen molar-refractivity contribution in [1.82, 2.24) is 5.32 Å². The third kappa shape index (κ3) is 1.96. The van der Waals surface area contributed by atoms with Crippen molar-refractivity contribution in [2.45, 2.75) is 32.9 Å². The largest absolute Gasteiger partial charge is 0.343 e. The summed E-state index contributed by atoms with van der Waals surface area (Å²) >= 11 is 0. The average molecular weight is 250 g/mol. The van der Waals surface area contributed by atoms with Crippen molar-refractivity contribution >= 4 is 17.5 Å². The van der Waals surface area contributed by atoms with Crippen LogP contribution < -0.4 is 10.2 Å². The lowest BCUT2D eigenvalue weighted by atomic mass is 10.1. The van der Waals surface area contributed by atoms with Crippen LogP contribution in [0, 0.1) is 12.7 Å². The van der Waals surface area contributed by atoms with E-state index < -0.39 is 17.9 Å². The minimum Gasteiger partial charge on any atom is -0.343 e. The standard InChI is InChI=1S/C13H15FN2O2/c1-7-4-5-11(10(14)6-7)16-9(3)12(17)15-8(2)13(16)18/h4-6,8-9H,1-3H3,(H,15,17).